The van der Waals surface area contributed by atoms with E-state index in [1.54, 1.807) is 0 Å². The Bertz CT molecular complexity index is 299. The molecule has 16 heavy (non-hydrogen) atoms. The topological polar surface area (TPSA) is 24.1 Å². The SMILES string of the molecule is CCc1ccc(CNCC2CCCN2)cc1. The van der Waals surface area contributed by atoms with E-state index in [4.69, 9.17) is 0 Å². The van der Waals surface area contributed by atoms with Crippen LogP contribution in [0.3, 0.4) is 0 Å². The highest BCUT2D eigenvalue weighted by atomic mass is 15.0. The summed E-state index contributed by atoms with van der Waals surface area (Å²) in [6, 6.07) is 9.60. The molecule has 1 aromatic rings. The van der Waals surface area contributed by atoms with Crippen LogP contribution in [0.4, 0.5) is 0 Å². The van der Waals surface area contributed by atoms with Crippen molar-refractivity contribution in [3.63, 3.8) is 0 Å². The number of rotatable bonds is 5. The highest BCUT2D eigenvalue weighted by Gasteiger charge is 2.12. The zero-order valence-electron chi connectivity index (χ0n) is 10.1. The van der Waals surface area contributed by atoms with Gasteiger partial charge < -0.3 is 10.6 Å². The molecule has 0 aliphatic carbocycles. The van der Waals surface area contributed by atoms with E-state index in [9.17, 15) is 0 Å². The highest BCUT2D eigenvalue weighted by Crippen LogP contribution is 2.06. The molecule has 2 nitrogen and oxygen atoms in total. The van der Waals surface area contributed by atoms with Crippen molar-refractivity contribution in [1.29, 1.82) is 0 Å². The average Bonchev–Trinajstić information content (AvgIpc) is 2.83. The lowest BCUT2D eigenvalue weighted by atomic mass is 10.1. The summed E-state index contributed by atoms with van der Waals surface area (Å²) in [5, 5.41) is 7.02. The number of benzene rings is 1. The second-order valence-corrected chi connectivity index (χ2v) is 4.59. The third kappa shape index (κ3) is 3.32. The van der Waals surface area contributed by atoms with Gasteiger partial charge in [0.25, 0.3) is 0 Å². The molecule has 1 unspecified atom stereocenters. The van der Waals surface area contributed by atoms with Crippen LogP contribution in [0.5, 0.6) is 0 Å². The summed E-state index contributed by atoms with van der Waals surface area (Å²) >= 11 is 0. The Morgan fingerprint density at radius 1 is 1.25 bits per heavy atom. The van der Waals surface area contributed by atoms with Crippen LogP contribution in [0, 0.1) is 0 Å². The van der Waals surface area contributed by atoms with Crippen molar-refractivity contribution in [3.05, 3.63) is 35.4 Å². The Hall–Kier alpha value is -0.860. The molecule has 1 aliphatic heterocycles. The van der Waals surface area contributed by atoms with E-state index in [1.165, 1.54) is 30.5 Å². The Morgan fingerprint density at radius 3 is 2.62 bits per heavy atom. The predicted octanol–water partition coefficient (Wildman–Crippen LogP) is 2.09. The molecule has 0 amide bonds. The molecule has 0 radical (unpaired) electrons. The summed E-state index contributed by atoms with van der Waals surface area (Å²) in [4.78, 5) is 0. The average molecular weight is 218 g/mol. The quantitative estimate of drug-likeness (QED) is 0.791. The van der Waals surface area contributed by atoms with Crippen LogP contribution in [-0.4, -0.2) is 19.1 Å². The summed E-state index contributed by atoms with van der Waals surface area (Å²) in [5.41, 5.74) is 2.80. The molecule has 0 spiro atoms. The standard InChI is InChI=1S/C14H22N2/c1-2-12-5-7-13(8-6-12)10-15-11-14-4-3-9-16-14/h5-8,14-16H,2-4,9-11H2,1H3. The molecule has 1 heterocycles. The van der Waals surface area contributed by atoms with E-state index < -0.39 is 0 Å². The molecule has 1 aromatic carbocycles. The van der Waals surface area contributed by atoms with E-state index in [0.717, 1.165) is 19.5 Å². The molecule has 0 bridgehead atoms. The minimum absolute atomic E-state index is 0.690. The first-order valence-corrected chi connectivity index (χ1v) is 6.40. The van der Waals surface area contributed by atoms with Crippen LogP contribution >= 0.6 is 0 Å². The van der Waals surface area contributed by atoms with E-state index in [0.29, 0.717) is 6.04 Å². The number of hydrogen-bond donors (Lipinski definition) is 2. The molecular formula is C14H22N2. The molecule has 0 aromatic heterocycles. The smallest absolute Gasteiger partial charge is 0.0206 e. The zero-order chi connectivity index (χ0) is 11.2. The summed E-state index contributed by atoms with van der Waals surface area (Å²) in [7, 11) is 0. The molecule has 1 atom stereocenters. The van der Waals surface area contributed by atoms with Crippen LogP contribution in [0.1, 0.15) is 30.9 Å². The van der Waals surface area contributed by atoms with Gasteiger partial charge in [0.05, 0.1) is 0 Å². The van der Waals surface area contributed by atoms with Crippen molar-refractivity contribution in [3.8, 4) is 0 Å². The molecule has 0 saturated carbocycles. The second kappa shape index (κ2) is 6.02. The predicted molar refractivity (Wildman–Crippen MR) is 68.6 cm³/mol. The van der Waals surface area contributed by atoms with Gasteiger partial charge in [0.2, 0.25) is 0 Å². The Kier molecular flexibility index (Phi) is 4.37. The minimum atomic E-state index is 0.690. The van der Waals surface area contributed by atoms with Gasteiger partial charge in [-0.3, -0.25) is 0 Å². The maximum atomic E-state index is 3.52. The molecule has 2 N–H and O–H groups in total. The van der Waals surface area contributed by atoms with Gasteiger partial charge in [0.15, 0.2) is 0 Å². The first-order valence-electron chi connectivity index (χ1n) is 6.40. The van der Waals surface area contributed by atoms with Gasteiger partial charge in [-0.15, -0.1) is 0 Å². The van der Waals surface area contributed by atoms with Gasteiger partial charge in [0.1, 0.15) is 0 Å². The van der Waals surface area contributed by atoms with Gasteiger partial charge in [-0.05, 0) is 36.9 Å². The summed E-state index contributed by atoms with van der Waals surface area (Å²) in [5.74, 6) is 0. The monoisotopic (exact) mass is 218 g/mol. The maximum absolute atomic E-state index is 3.52. The zero-order valence-corrected chi connectivity index (χ0v) is 10.1. The number of nitrogens with one attached hydrogen (secondary N) is 2. The fourth-order valence-corrected chi connectivity index (χ4v) is 2.21. The third-order valence-corrected chi connectivity index (χ3v) is 3.31. The lowest BCUT2D eigenvalue weighted by Crippen LogP contribution is -2.33. The first-order chi connectivity index (χ1) is 7.88. The van der Waals surface area contributed by atoms with E-state index >= 15 is 0 Å². The first kappa shape index (κ1) is 11.6. The van der Waals surface area contributed by atoms with Crippen molar-refractivity contribution in [2.75, 3.05) is 13.1 Å². The molecule has 1 saturated heterocycles. The van der Waals surface area contributed by atoms with Crippen molar-refractivity contribution >= 4 is 0 Å². The number of hydrogen-bond acceptors (Lipinski definition) is 2. The van der Waals surface area contributed by atoms with Gasteiger partial charge in [-0.25, -0.2) is 0 Å². The molecular weight excluding hydrogens is 196 g/mol. The molecule has 1 fully saturated rings. The molecule has 2 rings (SSSR count). The van der Waals surface area contributed by atoms with Gasteiger partial charge >= 0.3 is 0 Å². The van der Waals surface area contributed by atoms with Crippen molar-refractivity contribution < 1.29 is 0 Å². The van der Waals surface area contributed by atoms with Crippen LogP contribution in [0.25, 0.3) is 0 Å². The summed E-state index contributed by atoms with van der Waals surface area (Å²) < 4.78 is 0. The Balaban J connectivity index is 1.71. The van der Waals surface area contributed by atoms with Crippen molar-refractivity contribution in [1.82, 2.24) is 10.6 Å². The summed E-state index contributed by atoms with van der Waals surface area (Å²) in [6.45, 7) is 5.47. The van der Waals surface area contributed by atoms with Crippen LogP contribution in [-0.2, 0) is 13.0 Å². The lowest BCUT2D eigenvalue weighted by molar-refractivity contribution is 0.536. The summed E-state index contributed by atoms with van der Waals surface area (Å²) in [6.07, 6.45) is 3.78. The lowest BCUT2D eigenvalue weighted by Gasteiger charge is -2.11. The van der Waals surface area contributed by atoms with Crippen LogP contribution in [0.15, 0.2) is 24.3 Å². The minimum Gasteiger partial charge on any atom is -0.313 e. The van der Waals surface area contributed by atoms with Gasteiger partial charge in [0, 0.05) is 19.1 Å². The van der Waals surface area contributed by atoms with E-state index in [-0.39, 0.29) is 0 Å². The maximum Gasteiger partial charge on any atom is 0.0206 e. The van der Waals surface area contributed by atoms with Gasteiger partial charge in [-0.1, -0.05) is 31.2 Å². The van der Waals surface area contributed by atoms with E-state index in [2.05, 4.69) is 41.8 Å². The number of aryl methyl sites for hydroxylation is 1. The molecule has 88 valence electrons. The van der Waals surface area contributed by atoms with E-state index in [1.807, 2.05) is 0 Å². The Labute approximate surface area is 98.4 Å². The third-order valence-electron chi connectivity index (χ3n) is 3.31. The molecule has 1 aliphatic rings. The highest BCUT2D eigenvalue weighted by molar-refractivity contribution is 5.22. The second-order valence-electron chi connectivity index (χ2n) is 4.59. The van der Waals surface area contributed by atoms with Crippen LogP contribution < -0.4 is 10.6 Å². The fraction of sp³-hybridized carbons (Fsp3) is 0.571. The van der Waals surface area contributed by atoms with Crippen molar-refractivity contribution in [2.24, 2.45) is 0 Å². The largest absolute Gasteiger partial charge is 0.313 e. The van der Waals surface area contributed by atoms with Crippen molar-refractivity contribution in [2.45, 2.75) is 38.8 Å². The van der Waals surface area contributed by atoms with Crippen LogP contribution in [0.2, 0.25) is 0 Å². The molecule has 2 heteroatoms. The van der Waals surface area contributed by atoms with Gasteiger partial charge in [-0.2, -0.15) is 0 Å². The fourth-order valence-electron chi connectivity index (χ4n) is 2.21. The normalized spacial score (nSPS) is 20.2. The Morgan fingerprint density at radius 2 is 2.00 bits per heavy atom.